The zero-order valence-corrected chi connectivity index (χ0v) is 12.8. The molecule has 0 saturated heterocycles. The van der Waals surface area contributed by atoms with Crippen molar-refractivity contribution in [2.45, 2.75) is 26.8 Å². The fraction of sp³-hybridized carbons (Fsp3) is 0.438. The molecule has 1 unspecified atom stereocenters. The first kappa shape index (κ1) is 16.0. The number of rotatable bonds is 7. The van der Waals surface area contributed by atoms with Gasteiger partial charge in [0.2, 0.25) is 0 Å². The molecule has 0 aliphatic rings. The number of nitrogens with zero attached hydrogens (tertiary/aromatic N) is 3. The van der Waals surface area contributed by atoms with Crippen molar-refractivity contribution in [1.29, 1.82) is 5.26 Å². The highest BCUT2D eigenvalue weighted by atomic mass is 16.4. The van der Waals surface area contributed by atoms with Gasteiger partial charge in [0.15, 0.2) is 0 Å². The lowest BCUT2D eigenvalue weighted by Gasteiger charge is -2.15. The van der Waals surface area contributed by atoms with Gasteiger partial charge in [-0.05, 0) is 24.5 Å². The van der Waals surface area contributed by atoms with Crippen LogP contribution in [0.3, 0.4) is 0 Å². The third kappa shape index (κ3) is 3.83. The van der Waals surface area contributed by atoms with Gasteiger partial charge in [-0.3, -0.25) is 4.79 Å². The molecule has 0 aliphatic carbocycles. The Kier molecular flexibility index (Phi) is 5.12. The lowest BCUT2D eigenvalue weighted by Crippen LogP contribution is -2.29. The molecule has 0 saturated carbocycles. The summed E-state index contributed by atoms with van der Waals surface area (Å²) < 4.78 is 1.85. The first-order chi connectivity index (χ1) is 10.5. The zero-order chi connectivity index (χ0) is 16.1. The minimum atomic E-state index is -0.772. The van der Waals surface area contributed by atoms with E-state index in [1.165, 1.54) is 0 Å². The van der Waals surface area contributed by atoms with Crippen LogP contribution in [0.4, 0.5) is 0 Å². The summed E-state index contributed by atoms with van der Waals surface area (Å²) in [7, 11) is 0. The molecular weight excluding hydrogens is 280 g/mol. The molecule has 0 aliphatic heterocycles. The van der Waals surface area contributed by atoms with E-state index in [2.05, 4.69) is 16.4 Å². The fourth-order valence-electron chi connectivity index (χ4n) is 2.44. The predicted molar refractivity (Wildman–Crippen MR) is 82.2 cm³/mol. The number of hydrogen-bond acceptors (Lipinski definition) is 4. The molecule has 116 valence electrons. The normalized spacial score (nSPS) is 12.5. The molecule has 2 N–H and O–H groups in total. The van der Waals surface area contributed by atoms with Crippen molar-refractivity contribution >= 4 is 11.6 Å². The average molecular weight is 300 g/mol. The van der Waals surface area contributed by atoms with E-state index >= 15 is 0 Å². The lowest BCUT2D eigenvalue weighted by atomic mass is 9.97. The van der Waals surface area contributed by atoms with Gasteiger partial charge in [-0.1, -0.05) is 13.8 Å². The van der Waals surface area contributed by atoms with Gasteiger partial charge >= 0.3 is 5.97 Å². The van der Waals surface area contributed by atoms with Crippen LogP contribution in [0.1, 0.15) is 31.5 Å². The van der Waals surface area contributed by atoms with Gasteiger partial charge < -0.3 is 14.8 Å². The molecule has 0 bridgehead atoms. The van der Waals surface area contributed by atoms with Gasteiger partial charge in [0.1, 0.15) is 11.7 Å². The van der Waals surface area contributed by atoms with Crippen LogP contribution in [-0.4, -0.2) is 27.0 Å². The van der Waals surface area contributed by atoms with Crippen LogP contribution in [0.25, 0.3) is 5.65 Å². The third-order valence-corrected chi connectivity index (χ3v) is 3.51. The van der Waals surface area contributed by atoms with E-state index in [9.17, 15) is 9.90 Å². The second-order valence-electron chi connectivity index (χ2n) is 5.80. The summed E-state index contributed by atoms with van der Waals surface area (Å²) >= 11 is 0. The summed E-state index contributed by atoms with van der Waals surface area (Å²) in [6.07, 6.45) is 4.12. The number of nitriles is 1. The number of pyridine rings is 1. The van der Waals surface area contributed by atoms with Crippen LogP contribution in [0.2, 0.25) is 0 Å². The van der Waals surface area contributed by atoms with Gasteiger partial charge in [0.05, 0.1) is 23.4 Å². The van der Waals surface area contributed by atoms with Crippen molar-refractivity contribution in [2.24, 2.45) is 11.8 Å². The molecule has 1 atom stereocenters. The molecule has 0 spiro atoms. The van der Waals surface area contributed by atoms with Crippen molar-refractivity contribution in [3.63, 3.8) is 0 Å². The number of carbonyl (C=O) groups is 1. The summed E-state index contributed by atoms with van der Waals surface area (Å²) in [5.41, 5.74) is 2.24. The monoisotopic (exact) mass is 300 g/mol. The minimum absolute atomic E-state index is 0.344. The maximum atomic E-state index is 11.2. The summed E-state index contributed by atoms with van der Waals surface area (Å²) in [5, 5.41) is 21.4. The van der Waals surface area contributed by atoms with E-state index in [1.807, 2.05) is 18.2 Å². The van der Waals surface area contributed by atoms with Gasteiger partial charge in [-0.2, -0.15) is 5.26 Å². The Labute approximate surface area is 129 Å². The van der Waals surface area contributed by atoms with Gasteiger partial charge in [-0.15, -0.1) is 0 Å². The Bertz CT molecular complexity index is 700. The van der Waals surface area contributed by atoms with E-state index < -0.39 is 11.9 Å². The Morgan fingerprint density at radius 2 is 2.27 bits per heavy atom. The first-order valence-corrected chi connectivity index (χ1v) is 7.31. The van der Waals surface area contributed by atoms with Gasteiger partial charge in [-0.25, -0.2) is 4.98 Å². The second kappa shape index (κ2) is 7.05. The average Bonchev–Trinajstić information content (AvgIpc) is 2.88. The van der Waals surface area contributed by atoms with Crippen LogP contribution < -0.4 is 5.32 Å². The third-order valence-electron chi connectivity index (χ3n) is 3.51. The van der Waals surface area contributed by atoms with Crippen LogP contribution in [-0.2, 0) is 11.3 Å². The highest BCUT2D eigenvalue weighted by molar-refractivity contribution is 5.70. The van der Waals surface area contributed by atoms with E-state index in [1.54, 1.807) is 24.5 Å². The van der Waals surface area contributed by atoms with E-state index in [4.69, 9.17) is 5.26 Å². The number of nitrogens with one attached hydrogen (secondary N) is 1. The smallest absolute Gasteiger partial charge is 0.307 e. The Morgan fingerprint density at radius 1 is 1.50 bits per heavy atom. The zero-order valence-electron chi connectivity index (χ0n) is 12.8. The van der Waals surface area contributed by atoms with E-state index in [-0.39, 0.29) is 0 Å². The van der Waals surface area contributed by atoms with Gasteiger partial charge in [0.25, 0.3) is 0 Å². The number of aliphatic carboxylic acids is 1. The molecule has 0 radical (unpaired) electrons. The molecule has 22 heavy (non-hydrogen) atoms. The van der Waals surface area contributed by atoms with Crippen molar-refractivity contribution in [3.8, 4) is 6.07 Å². The Balaban J connectivity index is 2.02. The fourth-order valence-corrected chi connectivity index (χ4v) is 2.44. The SMILES string of the molecule is CC(C)CC(CNCc1cnc2ccc(C#N)cn12)C(=O)O. The highest BCUT2D eigenvalue weighted by Gasteiger charge is 2.18. The van der Waals surface area contributed by atoms with Crippen molar-refractivity contribution in [2.75, 3.05) is 6.54 Å². The number of aromatic nitrogens is 2. The molecule has 2 aromatic heterocycles. The molecule has 2 aromatic rings. The number of carboxylic acid groups (broad SMARTS) is 1. The number of fused-ring (bicyclic) bond motifs is 1. The van der Waals surface area contributed by atoms with E-state index in [0.717, 1.165) is 11.3 Å². The standard InChI is InChI=1S/C16H20N4O2/c1-11(2)5-13(16(21)22)7-18-8-14-9-19-15-4-3-12(6-17)10-20(14)15/h3-4,9-11,13,18H,5,7-8H2,1-2H3,(H,21,22). The molecule has 0 fully saturated rings. The van der Waals surface area contributed by atoms with Gasteiger partial charge in [0, 0.05) is 19.3 Å². The highest BCUT2D eigenvalue weighted by Crippen LogP contribution is 2.12. The minimum Gasteiger partial charge on any atom is -0.481 e. The van der Waals surface area contributed by atoms with Crippen LogP contribution in [0, 0.1) is 23.2 Å². The number of hydrogen-bond donors (Lipinski definition) is 2. The maximum Gasteiger partial charge on any atom is 0.307 e. The molecule has 0 aromatic carbocycles. The molecule has 6 heteroatoms. The molecule has 2 rings (SSSR count). The second-order valence-corrected chi connectivity index (χ2v) is 5.80. The molecular formula is C16H20N4O2. The predicted octanol–water partition coefficient (Wildman–Crippen LogP) is 2.04. The quantitative estimate of drug-likeness (QED) is 0.816. The van der Waals surface area contributed by atoms with Crippen molar-refractivity contribution < 1.29 is 9.90 Å². The van der Waals surface area contributed by atoms with Crippen LogP contribution in [0.15, 0.2) is 24.5 Å². The first-order valence-electron chi connectivity index (χ1n) is 7.31. The summed E-state index contributed by atoms with van der Waals surface area (Å²) in [6.45, 7) is 4.96. The van der Waals surface area contributed by atoms with Crippen LogP contribution >= 0.6 is 0 Å². The number of carboxylic acids is 1. The van der Waals surface area contributed by atoms with E-state index in [0.29, 0.717) is 31.0 Å². The Morgan fingerprint density at radius 3 is 2.91 bits per heavy atom. The maximum absolute atomic E-state index is 11.2. The number of imidazole rings is 1. The van der Waals surface area contributed by atoms with Crippen LogP contribution in [0.5, 0.6) is 0 Å². The molecule has 0 amide bonds. The summed E-state index contributed by atoms with van der Waals surface area (Å²) in [5.74, 6) is -0.822. The lowest BCUT2D eigenvalue weighted by molar-refractivity contribution is -0.142. The van der Waals surface area contributed by atoms with Crippen molar-refractivity contribution in [3.05, 3.63) is 35.8 Å². The van der Waals surface area contributed by atoms with Crippen molar-refractivity contribution in [1.82, 2.24) is 14.7 Å². The largest absolute Gasteiger partial charge is 0.481 e. The summed E-state index contributed by atoms with van der Waals surface area (Å²) in [6, 6.07) is 5.62. The molecule has 6 nitrogen and oxygen atoms in total. The Hall–Kier alpha value is -2.39. The molecule has 2 heterocycles. The topological polar surface area (TPSA) is 90.4 Å². The summed E-state index contributed by atoms with van der Waals surface area (Å²) in [4.78, 5) is 15.5.